The van der Waals surface area contributed by atoms with Gasteiger partial charge in [-0.2, -0.15) is 0 Å². The molecular weight excluding hydrogens is 286 g/mol. The van der Waals surface area contributed by atoms with Gasteiger partial charge in [0, 0.05) is 24.9 Å². The first-order valence-corrected chi connectivity index (χ1v) is 8.97. The number of hydrogen-bond acceptors (Lipinski definition) is 2. The Balaban J connectivity index is 0.00000232. The molecular formula is C20H33NO2. The van der Waals surface area contributed by atoms with Crippen LogP contribution in [0.5, 0.6) is 0 Å². The zero-order chi connectivity index (χ0) is 17.7. The lowest BCUT2D eigenvalue weighted by molar-refractivity contribution is -0.119. The van der Waals surface area contributed by atoms with Crippen LogP contribution in [0.25, 0.3) is 0 Å². The summed E-state index contributed by atoms with van der Waals surface area (Å²) in [5.41, 5.74) is 3.31. The highest BCUT2D eigenvalue weighted by Gasteiger charge is 2.03. The number of aryl methyl sites for hydroxylation is 2. The van der Waals surface area contributed by atoms with Gasteiger partial charge < -0.3 is 5.32 Å². The highest BCUT2D eigenvalue weighted by atomic mass is 16.1. The summed E-state index contributed by atoms with van der Waals surface area (Å²) in [6.45, 7) is 9.82. The minimum absolute atomic E-state index is 0.0460. The number of anilines is 1. The van der Waals surface area contributed by atoms with Crippen LogP contribution in [0.3, 0.4) is 0 Å². The fraction of sp³-hybridized carbons (Fsp3) is 0.600. The van der Waals surface area contributed by atoms with E-state index in [-0.39, 0.29) is 5.91 Å². The van der Waals surface area contributed by atoms with Crippen molar-refractivity contribution in [3.63, 3.8) is 0 Å². The lowest BCUT2D eigenvalue weighted by Gasteiger charge is -2.09. The van der Waals surface area contributed by atoms with E-state index in [1.54, 1.807) is 0 Å². The zero-order valence-corrected chi connectivity index (χ0v) is 15.5. The monoisotopic (exact) mass is 319 g/mol. The van der Waals surface area contributed by atoms with Crippen molar-refractivity contribution in [1.29, 1.82) is 0 Å². The average Bonchev–Trinajstić information content (AvgIpc) is 2.55. The summed E-state index contributed by atoms with van der Waals surface area (Å²) in [6, 6.07) is 6.22. The van der Waals surface area contributed by atoms with Crippen LogP contribution in [0.4, 0.5) is 5.69 Å². The molecule has 0 aromatic heterocycles. The normalized spacial score (nSPS) is 9.78. The van der Waals surface area contributed by atoms with Crippen LogP contribution < -0.4 is 5.32 Å². The number of benzene rings is 1. The number of unbranched alkanes of at least 4 members (excludes halogenated alkanes) is 2. The van der Waals surface area contributed by atoms with Crippen molar-refractivity contribution in [2.24, 2.45) is 0 Å². The summed E-state index contributed by atoms with van der Waals surface area (Å²) in [5.74, 6) is 0.403. The minimum Gasteiger partial charge on any atom is -0.326 e. The van der Waals surface area contributed by atoms with Gasteiger partial charge >= 0.3 is 0 Å². The standard InChI is InChI=1S/C18H27NO2.C2H6/c1-4-17(20)10-8-6-7-9-15-11-14(3)12-16(13-15)19-18(21)5-2;1-2/h11-13H,4-10H2,1-3H3,(H,19,21);1-2H3. The summed E-state index contributed by atoms with van der Waals surface area (Å²) < 4.78 is 0. The van der Waals surface area contributed by atoms with Gasteiger partial charge in [-0.25, -0.2) is 0 Å². The molecule has 0 fully saturated rings. The molecule has 0 aliphatic heterocycles. The molecule has 0 aliphatic rings. The smallest absolute Gasteiger partial charge is 0.224 e. The first-order valence-electron chi connectivity index (χ1n) is 8.97. The maximum Gasteiger partial charge on any atom is 0.224 e. The Hall–Kier alpha value is -1.64. The van der Waals surface area contributed by atoms with E-state index >= 15 is 0 Å². The van der Waals surface area contributed by atoms with Crippen LogP contribution in [0.15, 0.2) is 18.2 Å². The fourth-order valence-electron chi connectivity index (χ4n) is 2.33. The zero-order valence-electron chi connectivity index (χ0n) is 15.5. The van der Waals surface area contributed by atoms with E-state index in [9.17, 15) is 9.59 Å². The van der Waals surface area contributed by atoms with E-state index in [0.717, 1.165) is 31.4 Å². The number of rotatable bonds is 9. The number of hydrogen-bond donors (Lipinski definition) is 1. The van der Waals surface area contributed by atoms with Crippen LogP contribution >= 0.6 is 0 Å². The Labute approximate surface area is 141 Å². The Kier molecular flexibility index (Phi) is 11.9. The van der Waals surface area contributed by atoms with Gasteiger partial charge in [0.1, 0.15) is 5.78 Å². The van der Waals surface area contributed by atoms with Crippen molar-refractivity contribution in [3.8, 4) is 0 Å². The third-order valence-electron chi connectivity index (χ3n) is 3.56. The van der Waals surface area contributed by atoms with Gasteiger partial charge in [0.05, 0.1) is 0 Å². The summed E-state index contributed by atoms with van der Waals surface area (Å²) in [4.78, 5) is 22.7. The van der Waals surface area contributed by atoms with E-state index in [4.69, 9.17) is 0 Å². The summed E-state index contributed by atoms with van der Waals surface area (Å²) in [5, 5.41) is 2.91. The van der Waals surface area contributed by atoms with Crippen molar-refractivity contribution in [3.05, 3.63) is 29.3 Å². The predicted molar refractivity (Wildman–Crippen MR) is 98.9 cm³/mol. The molecule has 3 heteroatoms. The van der Waals surface area contributed by atoms with Gasteiger partial charge in [-0.1, -0.05) is 40.2 Å². The molecule has 0 aliphatic carbocycles. The molecule has 1 N–H and O–H groups in total. The van der Waals surface area contributed by atoms with Gasteiger partial charge in [0.2, 0.25) is 5.91 Å². The first-order chi connectivity index (χ1) is 11.0. The molecule has 0 unspecified atom stereocenters. The molecule has 0 atom stereocenters. The molecule has 1 amide bonds. The highest BCUT2D eigenvalue weighted by Crippen LogP contribution is 2.17. The van der Waals surface area contributed by atoms with E-state index in [2.05, 4.69) is 17.4 Å². The second-order valence-corrected chi connectivity index (χ2v) is 5.56. The molecule has 130 valence electrons. The molecule has 0 bridgehead atoms. The molecule has 0 saturated carbocycles. The summed E-state index contributed by atoms with van der Waals surface area (Å²) in [6.07, 6.45) is 6.00. The number of carbonyl (C=O) groups excluding carboxylic acids is 2. The Morgan fingerprint density at radius 2 is 1.65 bits per heavy atom. The highest BCUT2D eigenvalue weighted by molar-refractivity contribution is 5.90. The van der Waals surface area contributed by atoms with Crippen molar-refractivity contribution in [2.75, 3.05) is 5.32 Å². The van der Waals surface area contributed by atoms with E-state index in [1.165, 1.54) is 11.1 Å². The van der Waals surface area contributed by atoms with Crippen LogP contribution in [0.1, 0.15) is 77.3 Å². The summed E-state index contributed by atoms with van der Waals surface area (Å²) in [7, 11) is 0. The number of amides is 1. The second-order valence-electron chi connectivity index (χ2n) is 5.56. The van der Waals surface area contributed by atoms with E-state index in [1.807, 2.05) is 40.7 Å². The lowest BCUT2D eigenvalue weighted by atomic mass is 10.0. The first kappa shape index (κ1) is 21.4. The van der Waals surface area contributed by atoms with Gasteiger partial charge in [-0.15, -0.1) is 0 Å². The van der Waals surface area contributed by atoms with Gasteiger partial charge in [0.15, 0.2) is 0 Å². The van der Waals surface area contributed by atoms with E-state index in [0.29, 0.717) is 25.0 Å². The van der Waals surface area contributed by atoms with E-state index < -0.39 is 0 Å². The molecule has 23 heavy (non-hydrogen) atoms. The predicted octanol–water partition coefficient (Wildman–Crippen LogP) is 5.45. The fourth-order valence-corrected chi connectivity index (χ4v) is 2.33. The average molecular weight is 319 g/mol. The second kappa shape index (κ2) is 12.9. The van der Waals surface area contributed by atoms with Crippen molar-refractivity contribution >= 4 is 17.4 Å². The third-order valence-corrected chi connectivity index (χ3v) is 3.56. The molecule has 0 heterocycles. The van der Waals surface area contributed by atoms with Crippen LogP contribution in [-0.4, -0.2) is 11.7 Å². The molecule has 0 saturated heterocycles. The van der Waals surface area contributed by atoms with Crippen molar-refractivity contribution < 1.29 is 9.59 Å². The minimum atomic E-state index is 0.0460. The maximum absolute atomic E-state index is 11.5. The van der Waals surface area contributed by atoms with Crippen molar-refractivity contribution in [1.82, 2.24) is 0 Å². The molecule has 0 spiro atoms. The van der Waals surface area contributed by atoms with Crippen LogP contribution in [0.2, 0.25) is 0 Å². The van der Waals surface area contributed by atoms with Crippen LogP contribution in [-0.2, 0) is 16.0 Å². The molecule has 3 nitrogen and oxygen atoms in total. The van der Waals surface area contributed by atoms with Gasteiger partial charge in [0.25, 0.3) is 0 Å². The maximum atomic E-state index is 11.5. The van der Waals surface area contributed by atoms with Gasteiger partial charge in [-0.05, 0) is 49.4 Å². The summed E-state index contributed by atoms with van der Waals surface area (Å²) >= 11 is 0. The molecule has 1 aromatic carbocycles. The quantitative estimate of drug-likeness (QED) is 0.615. The number of nitrogens with one attached hydrogen (secondary N) is 1. The van der Waals surface area contributed by atoms with Gasteiger partial charge in [-0.3, -0.25) is 9.59 Å². The largest absolute Gasteiger partial charge is 0.326 e. The molecule has 1 aromatic rings. The Bertz CT molecular complexity index is 481. The topological polar surface area (TPSA) is 46.2 Å². The lowest BCUT2D eigenvalue weighted by Crippen LogP contribution is -2.09. The number of ketones is 1. The van der Waals surface area contributed by atoms with Crippen LogP contribution in [0, 0.1) is 6.92 Å². The molecule has 1 rings (SSSR count). The Morgan fingerprint density at radius 3 is 2.26 bits per heavy atom. The SMILES string of the molecule is CC.CCC(=O)CCCCCc1cc(C)cc(NC(=O)CC)c1. The number of Topliss-reactive ketones (excluding diaryl/α,β-unsaturated/α-hetero) is 1. The number of carbonyl (C=O) groups is 2. The van der Waals surface area contributed by atoms with Crippen molar-refractivity contribution in [2.45, 2.75) is 79.6 Å². The Morgan fingerprint density at radius 1 is 0.957 bits per heavy atom. The third kappa shape index (κ3) is 9.88. The molecule has 0 radical (unpaired) electrons.